The van der Waals surface area contributed by atoms with Gasteiger partial charge in [-0.2, -0.15) is 0 Å². The Hall–Kier alpha value is -0.120. The molecule has 0 aromatic rings. The molecule has 0 spiro atoms. The highest BCUT2D eigenvalue weighted by atomic mass is 15.2. The smallest absolute Gasteiger partial charge is 0.0247 e. The fourth-order valence-electron chi connectivity index (χ4n) is 2.95. The number of rotatable bonds is 2. The van der Waals surface area contributed by atoms with Gasteiger partial charge >= 0.3 is 0 Å². The van der Waals surface area contributed by atoms with Crippen molar-refractivity contribution in [2.24, 2.45) is 5.92 Å². The van der Waals surface area contributed by atoms with E-state index in [9.17, 15) is 0 Å². The van der Waals surface area contributed by atoms with Crippen LogP contribution in [0, 0.1) is 5.92 Å². The van der Waals surface area contributed by atoms with Gasteiger partial charge in [-0.25, -0.2) is 0 Å². The van der Waals surface area contributed by atoms with Crippen LogP contribution in [-0.2, 0) is 0 Å². The lowest BCUT2D eigenvalue weighted by Crippen LogP contribution is -2.58. The van der Waals surface area contributed by atoms with E-state index in [1.165, 1.54) is 45.6 Å². The molecule has 0 aliphatic carbocycles. The summed E-state index contributed by atoms with van der Waals surface area (Å²) in [5, 5.41) is 6.98. The maximum Gasteiger partial charge on any atom is 0.0247 e. The summed E-state index contributed by atoms with van der Waals surface area (Å²) < 4.78 is 0. The van der Waals surface area contributed by atoms with Gasteiger partial charge in [0.05, 0.1) is 0 Å². The number of hydrogen-bond acceptors (Lipinski definition) is 3. The van der Waals surface area contributed by atoms with Crippen molar-refractivity contribution in [1.29, 1.82) is 0 Å². The van der Waals surface area contributed by atoms with Crippen molar-refractivity contribution in [2.45, 2.75) is 38.8 Å². The molecule has 2 heterocycles. The van der Waals surface area contributed by atoms with Crippen LogP contribution in [0.25, 0.3) is 0 Å². The largest absolute Gasteiger partial charge is 0.317 e. The summed E-state index contributed by atoms with van der Waals surface area (Å²) in [6.07, 6.45) is 2.67. The van der Waals surface area contributed by atoms with E-state index < -0.39 is 0 Å². The molecule has 0 aromatic carbocycles. The zero-order chi connectivity index (χ0) is 10.7. The lowest BCUT2D eigenvalue weighted by Gasteiger charge is -2.45. The molecule has 0 bridgehead atoms. The molecule has 2 fully saturated rings. The Kier molecular flexibility index (Phi) is 4.00. The van der Waals surface area contributed by atoms with Crippen LogP contribution in [0.2, 0.25) is 0 Å². The third-order valence-electron chi connectivity index (χ3n) is 3.87. The number of nitrogens with zero attached hydrogens (tertiary/aromatic N) is 1. The maximum atomic E-state index is 3.53. The van der Waals surface area contributed by atoms with Gasteiger partial charge in [-0.3, -0.25) is 4.90 Å². The summed E-state index contributed by atoms with van der Waals surface area (Å²) in [5.41, 5.74) is 0. The Morgan fingerprint density at radius 3 is 2.47 bits per heavy atom. The Balaban J connectivity index is 1.96. The fourth-order valence-corrected chi connectivity index (χ4v) is 2.95. The summed E-state index contributed by atoms with van der Waals surface area (Å²) in [6, 6.07) is 1.59. The normalized spacial score (nSPS) is 31.0. The summed E-state index contributed by atoms with van der Waals surface area (Å²) >= 11 is 0. The quantitative estimate of drug-likeness (QED) is 0.703. The second kappa shape index (κ2) is 5.28. The lowest BCUT2D eigenvalue weighted by atomic mass is 9.95. The molecule has 88 valence electrons. The summed E-state index contributed by atoms with van der Waals surface area (Å²) in [4.78, 5) is 2.77. The second-order valence-electron chi connectivity index (χ2n) is 5.23. The molecule has 0 radical (unpaired) electrons. The molecule has 2 aliphatic heterocycles. The first-order valence-corrected chi connectivity index (χ1v) is 6.46. The van der Waals surface area contributed by atoms with E-state index in [1.807, 2.05) is 0 Å². The average molecular weight is 211 g/mol. The Morgan fingerprint density at radius 1 is 1.07 bits per heavy atom. The van der Waals surface area contributed by atoms with Gasteiger partial charge in [0.2, 0.25) is 0 Å². The highest BCUT2D eigenvalue weighted by Gasteiger charge is 2.30. The van der Waals surface area contributed by atoms with Crippen molar-refractivity contribution in [3.05, 3.63) is 0 Å². The van der Waals surface area contributed by atoms with E-state index in [0.29, 0.717) is 0 Å². The minimum absolute atomic E-state index is 0.752. The van der Waals surface area contributed by atoms with E-state index in [0.717, 1.165) is 18.0 Å². The average Bonchev–Trinajstić information content (AvgIpc) is 2.30. The Bertz CT molecular complexity index is 187. The van der Waals surface area contributed by atoms with Crippen LogP contribution in [0.15, 0.2) is 0 Å². The third-order valence-corrected chi connectivity index (χ3v) is 3.87. The Labute approximate surface area is 93.6 Å². The van der Waals surface area contributed by atoms with Gasteiger partial charge in [-0.1, -0.05) is 13.8 Å². The highest BCUT2D eigenvalue weighted by molar-refractivity contribution is 4.88. The molecular weight excluding hydrogens is 186 g/mol. The van der Waals surface area contributed by atoms with Crippen molar-refractivity contribution < 1.29 is 0 Å². The molecule has 2 rings (SSSR count). The van der Waals surface area contributed by atoms with Crippen LogP contribution in [0.4, 0.5) is 0 Å². The second-order valence-corrected chi connectivity index (χ2v) is 5.23. The number of hydrogen-bond donors (Lipinski definition) is 2. The molecule has 0 saturated carbocycles. The predicted octanol–water partition coefficient (Wildman–Crippen LogP) is 0.668. The first-order chi connectivity index (χ1) is 7.29. The molecular formula is C12H25N3. The minimum Gasteiger partial charge on any atom is -0.317 e. The van der Waals surface area contributed by atoms with Crippen LogP contribution in [0.1, 0.15) is 26.7 Å². The van der Waals surface area contributed by atoms with Gasteiger partial charge in [0, 0.05) is 31.7 Å². The number of nitrogens with one attached hydrogen (secondary N) is 2. The zero-order valence-electron chi connectivity index (χ0n) is 10.1. The van der Waals surface area contributed by atoms with Gasteiger partial charge in [0.15, 0.2) is 0 Å². The van der Waals surface area contributed by atoms with Crippen molar-refractivity contribution in [2.75, 3.05) is 32.7 Å². The first-order valence-electron chi connectivity index (χ1n) is 6.46. The van der Waals surface area contributed by atoms with Crippen LogP contribution in [0.3, 0.4) is 0 Å². The standard InChI is InChI=1S/C12H25N3/c1-10(2)12-9-14-7-8-15(12)11-3-5-13-6-4-11/h10-14H,3-9H2,1-2H3. The third kappa shape index (κ3) is 2.71. The monoisotopic (exact) mass is 211 g/mol. The number of piperidine rings is 1. The topological polar surface area (TPSA) is 27.3 Å². The minimum atomic E-state index is 0.752. The van der Waals surface area contributed by atoms with Crippen molar-refractivity contribution in [3.8, 4) is 0 Å². The predicted molar refractivity (Wildman–Crippen MR) is 64.1 cm³/mol. The van der Waals surface area contributed by atoms with Crippen LogP contribution in [0.5, 0.6) is 0 Å². The van der Waals surface area contributed by atoms with Gasteiger partial charge < -0.3 is 10.6 Å². The molecule has 1 atom stereocenters. The van der Waals surface area contributed by atoms with E-state index in [-0.39, 0.29) is 0 Å². The summed E-state index contributed by atoms with van der Waals surface area (Å²) in [7, 11) is 0. The first kappa shape index (κ1) is 11.4. The SMILES string of the molecule is CC(C)C1CNCCN1C1CCNCC1. The molecule has 3 nitrogen and oxygen atoms in total. The molecule has 3 heteroatoms. The molecule has 2 aliphatic rings. The van der Waals surface area contributed by atoms with Gasteiger partial charge in [-0.15, -0.1) is 0 Å². The van der Waals surface area contributed by atoms with Crippen LogP contribution >= 0.6 is 0 Å². The van der Waals surface area contributed by atoms with Gasteiger partial charge in [0.1, 0.15) is 0 Å². The van der Waals surface area contributed by atoms with Crippen LogP contribution in [-0.4, -0.2) is 49.7 Å². The van der Waals surface area contributed by atoms with E-state index in [4.69, 9.17) is 0 Å². The maximum absolute atomic E-state index is 3.53. The zero-order valence-corrected chi connectivity index (χ0v) is 10.1. The highest BCUT2D eigenvalue weighted by Crippen LogP contribution is 2.20. The molecule has 1 unspecified atom stereocenters. The van der Waals surface area contributed by atoms with Gasteiger partial charge in [0.25, 0.3) is 0 Å². The molecule has 0 amide bonds. The summed E-state index contributed by atoms with van der Waals surface area (Å²) in [6.45, 7) is 10.7. The van der Waals surface area contributed by atoms with E-state index in [2.05, 4.69) is 29.4 Å². The number of piperazine rings is 1. The Morgan fingerprint density at radius 2 is 1.80 bits per heavy atom. The van der Waals surface area contributed by atoms with Crippen molar-refractivity contribution >= 4 is 0 Å². The molecule has 15 heavy (non-hydrogen) atoms. The molecule has 2 N–H and O–H groups in total. The lowest BCUT2D eigenvalue weighted by molar-refractivity contribution is 0.0613. The van der Waals surface area contributed by atoms with E-state index in [1.54, 1.807) is 0 Å². The molecule has 0 aromatic heterocycles. The van der Waals surface area contributed by atoms with Crippen molar-refractivity contribution in [1.82, 2.24) is 15.5 Å². The summed E-state index contributed by atoms with van der Waals surface area (Å²) in [5.74, 6) is 0.771. The molecule has 2 saturated heterocycles. The van der Waals surface area contributed by atoms with Crippen LogP contribution < -0.4 is 10.6 Å². The van der Waals surface area contributed by atoms with Gasteiger partial charge in [-0.05, 0) is 31.8 Å². The van der Waals surface area contributed by atoms with Crippen molar-refractivity contribution in [3.63, 3.8) is 0 Å². The van der Waals surface area contributed by atoms with E-state index >= 15 is 0 Å². The fraction of sp³-hybridized carbons (Fsp3) is 1.00.